The van der Waals surface area contributed by atoms with Gasteiger partial charge in [0.15, 0.2) is 6.10 Å². The van der Waals surface area contributed by atoms with E-state index in [0.29, 0.717) is 12.8 Å². The first-order valence-corrected chi connectivity index (χ1v) is 18.9. The molecule has 0 aliphatic rings. The fourth-order valence-electron chi connectivity index (χ4n) is 4.04. The molecular formula is C37H61O10P. The summed E-state index contributed by atoms with van der Waals surface area (Å²) >= 11 is 0. The van der Waals surface area contributed by atoms with E-state index in [-0.39, 0.29) is 19.4 Å². The average Bonchev–Trinajstić information content (AvgIpc) is 3.07. The first-order chi connectivity index (χ1) is 23.2. The van der Waals surface area contributed by atoms with Gasteiger partial charge in [-0.05, 0) is 57.8 Å². The van der Waals surface area contributed by atoms with Crippen LogP contribution in [0.1, 0.15) is 110 Å². The molecule has 10 nitrogen and oxygen atoms in total. The van der Waals surface area contributed by atoms with Crippen molar-refractivity contribution in [2.75, 3.05) is 26.4 Å². The van der Waals surface area contributed by atoms with E-state index >= 15 is 0 Å². The summed E-state index contributed by atoms with van der Waals surface area (Å²) in [4.78, 5) is 34.7. The Morgan fingerprint density at radius 3 is 1.88 bits per heavy atom. The minimum atomic E-state index is -4.63. The first kappa shape index (κ1) is 45.4. The van der Waals surface area contributed by atoms with Crippen LogP contribution in [-0.2, 0) is 32.7 Å². The van der Waals surface area contributed by atoms with E-state index in [9.17, 15) is 24.2 Å². The van der Waals surface area contributed by atoms with Crippen molar-refractivity contribution in [2.45, 2.75) is 122 Å². The standard InChI is InChI=1S/C37H61O10P/c1-3-5-7-9-11-13-15-17-19-21-23-25-27-29-37(41)47-35(33-46-48(42,43)45-31-34(39)30-38)32-44-36(40)28-26-24-22-20-18-16-14-12-10-8-6-4-2/h5-9,11-15,17,19,34-35,38-39H,3-4,10,16,18,20-33H2,1-2H3,(H,42,43)/b7-5+,8-6+,11-9+,14-12+,15-13+,19-17+/t34-,35?/m0/s1. The number of phosphoric ester groups is 1. The Balaban J connectivity index is 4.54. The molecular weight excluding hydrogens is 635 g/mol. The molecule has 0 saturated heterocycles. The highest BCUT2D eigenvalue weighted by Crippen LogP contribution is 2.43. The largest absolute Gasteiger partial charge is 0.472 e. The number of carbonyl (C=O) groups is 2. The van der Waals surface area contributed by atoms with Crippen LogP contribution < -0.4 is 0 Å². The summed E-state index contributed by atoms with van der Waals surface area (Å²) in [5, 5.41) is 18.2. The summed E-state index contributed by atoms with van der Waals surface area (Å²) in [5.41, 5.74) is 0. The summed E-state index contributed by atoms with van der Waals surface area (Å²) < 4.78 is 32.4. The molecule has 2 unspecified atom stereocenters. The van der Waals surface area contributed by atoms with Crippen LogP contribution in [0.3, 0.4) is 0 Å². The Kier molecular flexibility index (Phi) is 31.2. The van der Waals surface area contributed by atoms with Gasteiger partial charge in [-0.1, -0.05) is 112 Å². The monoisotopic (exact) mass is 696 g/mol. The highest BCUT2D eigenvalue weighted by atomic mass is 31.2. The highest BCUT2D eigenvalue weighted by molar-refractivity contribution is 7.47. The minimum Gasteiger partial charge on any atom is -0.462 e. The van der Waals surface area contributed by atoms with Crippen molar-refractivity contribution >= 4 is 19.8 Å². The van der Waals surface area contributed by atoms with Crippen molar-refractivity contribution < 1.29 is 47.8 Å². The van der Waals surface area contributed by atoms with Gasteiger partial charge < -0.3 is 24.6 Å². The van der Waals surface area contributed by atoms with E-state index in [2.05, 4.69) is 54.8 Å². The van der Waals surface area contributed by atoms with Crippen molar-refractivity contribution in [1.82, 2.24) is 0 Å². The Morgan fingerprint density at radius 1 is 0.646 bits per heavy atom. The van der Waals surface area contributed by atoms with Gasteiger partial charge in [0, 0.05) is 12.8 Å². The third kappa shape index (κ3) is 32.0. The number of hydrogen-bond acceptors (Lipinski definition) is 9. The smallest absolute Gasteiger partial charge is 0.462 e. The van der Waals surface area contributed by atoms with Gasteiger partial charge in [-0.3, -0.25) is 18.6 Å². The van der Waals surface area contributed by atoms with Gasteiger partial charge in [-0.15, -0.1) is 0 Å². The molecule has 0 aromatic carbocycles. The molecule has 0 aliphatic carbocycles. The summed E-state index contributed by atoms with van der Waals surface area (Å²) in [6.45, 7) is 2.01. The number of hydrogen-bond donors (Lipinski definition) is 3. The van der Waals surface area contributed by atoms with Crippen LogP contribution in [-0.4, -0.2) is 65.7 Å². The van der Waals surface area contributed by atoms with Crippen LogP contribution in [0.2, 0.25) is 0 Å². The Bertz CT molecular complexity index is 1030. The summed E-state index contributed by atoms with van der Waals surface area (Å²) in [6.07, 6.45) is 34.6. The Labute approximate surface area is 288 Å². The quantitative estimate of drug-likeness (QED) is 0.0213. The second kappa shape index (κ2) is 32.9. The molecule has 274 valence electrons. The molecule has 0 aromatic heterocycles. The van der Waals surface area contributed by atoms with Gasteiger partial charge >= 0.3 is 19.8 Å². The van der Waals surface area contributed by atoms with Crippen molar-refractivity contribution in [1.29, 1.82) is 0 Å². The van der Waals surface area contributed by atoms with E-state index < -0.39 is 51.8 Å². The van der Waals surface area contributed by atoms with Gasteiger partial charge in [0.05, 0.1) is 19.8 Å². The van der Waals surface area contributed by atoms with Crippen LogP contribution in [0, 0.1) is 0 Å². The van der Waals surface area contributed by atoms with Crippen molar-refractivity contribution in [3.63, 3.8) is 0 Å². The van der Waals surface area contributed by atoms with E-state index in [0.717, 1.165) is 70.6 Å². The number of esters is 2. The van der Waals surface area contributed by atoms with Crippen LogP contribution in [0.4, 0.5) is 0 Å². The van der Waals surface area contributed by atoms with Crippen LogP contribution in [0.15, 0.2) is 72.9 Å². The lowest BCUT2D eigenvalue weighted by Gasteiger charge is -2.20. The lowest BCUT2D eigenvalue weighted by atomic mass is 10.1. The third-order valence-electron chi connectivity index (χ3n) is 6.70. The molecule has 3 atom stereocenters. The van der Waals surface area contributed by atoms with Gasteiger partial charge in [0.25, 0.3) is 0 Å². The maximum atomic E-state index is 12.5. The maximum Gasteiger partial charge on any atom is 0.472 e. The molecule has 0 spiro atoms. The number of unbranched alkanes of at least 4 members (excludes halogenated alkanes) is 8. The van der Waals surface area contributed by atoms with E-state index in [1.807, 2.05) is 36.5 Å². The molecule has 3 N–H and O–H groups in total. The second-order valence-corrected chi connectivity index (χ2v) is 12.7. The fourth-order valence-corrected chi connectivity index (χ4v) is 4.83. The molecule has 0 heterocycles. The van der Waals surface area contributed by atoms with E-state index in [4.69, 9.17) is 19.1 Å². The molecule has 0 aliphatic heterocycles. The number of aliphatic hydroxyl groups is 2. The highest BCUT2D eigenvalue weighted by Gasteiger charge is 2.27. The third-order valence-corrected chi connectivity index (χ3v) is 7.65. The lowest BCUT2D eigenvalue weighted by Crippen LogP contribution is -2.29. The molecule has 0 amide bonds. The van der Waals surface area contributed by atoms with Crippen LogP contribution in [0.5, 0.6) is 0 Å². The average molecular weight is 697 g/mol. The topological polar surface area (TPSA) is 149 Å². The number of allylic oxidation sites excluding steroid dienone is 12. The molecule has 0 rings (SSSR count). The zero-order valence-electron chi connectivity index (χ0n) is 29.2. The van der Waals surface area contributed by atoms with Crippen molar-refractivity contribution in [3.05, 3.63) is 72.9 Å². The summed E-state index contributed by atoms with van der Waals surface area (Å²) in [7, 11) is -4.63. The van der Waals surface area contributed by atoms with Crippen molar-refractivity contribution in [3.8, 4) is 0 Å². The Hall–Kier alpha value is -2.59. The van der Waals surface area contributed by atoms with Crippen LogP contribution >= 0.6 is 7.82 Å². The molecule has 0 radical (unpaired) electrons. The summed E-state index contributed by atoms with van der Waals surface area (Å²) in [5.74, 6) is -1.00. The summed E-state index contributed by atoms with van der Waals surface area (Å²) in [6, 6.07) is 0. The van der Waals surface area contributed by atoms with Gasteiger partial charge in [0.1, 0.15) is 12.7 Å². The zero-order valence-corrected chi connectivity index (χ0v) is 30.1. The molecule has 0 aromatic rings. The number of ether oxygens (including phenoxy) is 2. The molecule has 0 fully saturated rings. The van der Waals surface area contributed by atoms with Gasteiger partial charge in [-0.2, -0.15) is 0 Å². The minimum absolute atomic E-state index is 0.131. The van der Waals surface area contributed by atoms with Gasteiger partial charge in [-0.25, -0.2) is 4.57 Å². The normalized spacial score (nSPS) is 15.0. The maximum absolute atomic E-state index is 12.5. The number of carbonyl (C=O) groups excluding carboxylic acids is 2. The SMILES string of the molecule is CC/C=C/C=C/C=C/C=C/CCCCCC(=O)OC(COC(=O)CCCCCCC/C=C/C/C=C/CC)COP(=O)(O)OC[C@@H](O)CO. The predicted octanol–water partition coefficient (Wildman–Crippen LogP) is 8.16. The van der Waals surface area contributed by atoms with E-state index in [1.165, 1.54) is 0 Å². The molecule has 11 heteroatoms. The first-order valence-electron chi connectivity index (χ1n) is 17.4. The molecule has 48 heavy (non-hydrogen) atoms. The molecule has 0 bridgehead atoms. The zero-order chi connectivity index (χ0) is 35.6. The van der Waals surface area contributed by atoms with Crippen LogP contribution in [0.25, 0.3) is 0 Å². The van der Waals surface area contributed by atoms with Gasteiger partial charge in [0.2, 0.25) is 0 Å². The molecule has 0 saturated carbocycles. The number of phosphoric acid groups is 1. The fraction of sp³-hybridized carbons (Fsp3) is 0.622. The van der Waals surface area contributed by atoms with Crippen molar-refractivity contribution in [2.24, 2.45) is 0 Å². The predicted molar refractivity (Wildman–Crippen MR) is 191 cm³/mol. The second-order valence-electron chi connectivity index (χ2n) is 11.2. The number of aliphatic hydroxyl groups excluding tert-OH is 2. The van der Waals surface area contributed by atoms with E-state index in [1.54, 1.807) is 0 Å². The lowest BCUT2D eigenvalue weighted by molar-refractivity contribution is -0.161. The number of rotatable bonds is 31. The Morgan fingerprint density at radius 2 is 1.19 bits per heavy atom.